The number of benzene rings is 2. The molecule has 0 fully saturated rings. The van der Waals surface area contributed by atoms with Crippen molar-refractivity contribution >= 4 is 44.6 Å². The molecule has 0 heterocycles. The Bertz CT molecular complexity index is 670. The maximum atomic E-state index is 13.5. The number of nitrogen functional groups attached to an aromatic ring is 1. The summed E-state index contributed by atoms with van der Waals surface area (Å²) in [5, 5.41) is 3.40. The van der Waals surface area contributed by atoms with Crippen molar-refractivity contribution in [2.75, 3.05) is 11.1 Å². The van der Waals surface area contributed by atoms with E-state index < -0.39 is 18.2 Å². The number of alkyl halides is 2. The fourth-order valence-corrected chi connectivity index (χ4v) is 2.38. The zero-order valence-corrected chi connectivity index (χ0v) is 12.7. The molecule has 2 aromatic carbocycles. The van der Waals surface area contributed by atoms with Crippen molar-refractivity contribution in [2.24, 2.45) is 0 Å². The third kappa shape index (κ3) is 3.95. The minimum atomic E-state index is -3.13. The maximum absolute atomic E-state index is 13.5. The summed E-state index contributed by atoms with van der Waals surface area (Å²) >= 11 is 9.11. The van der Waals surface area contributed by atoms with Gasteiger partial charge in [0.05, 0.1) is 17.1 Å². The molecule has 2 aromatic rings. The largest absolute Gasteiger partial charge is 0.432 e. The van der Waals surface area contributed by atoms with Crippen LogP contribution in [0, 0.1) is 5.82 Å². The van der Waals surface area contributed by atoms with Crippen molar-refractivity contribution in [3.63, 3.8) is 0 Å². The molecule has 3 nitrogen and oxygen atoms in total. The summed E-state index contributed by atoms with van der Waals surface area (Å²) in [6.45, 7) is -3.13. The summed E-state index contributed by atoms with van der Waals surface area (Å²) in [5.41, 5.74) is 6.53. The fourth-order valence-electron chi connectivity index (χ4n) is 1.60. The lowest BCUT2D eigenvalue weighted by molar-refractivity contribution is -0.0521. The molecule has 0 radical (unpaired) electrons. The van der Waals surface area contributed by atoms with Crippen molar-refractivity contribution in [3.05, 3.63) is 45.6 Å². The van der Waals surface area contributed by atoms with E-state index in [4.69, 9.17) is 17.3 Å². The quantitative estimate of drug-likeness (QED) is 0.718. The summed E-state index contributed by atoms with van der Waals surface area (Å²) in [7, 11) is 0. The fraction of sp³-hybridized carbons (Fsp3) is 0.0769. The zero-order chi connectivity index (χ0) is 15.6. The van der Waals surface area contributed by atoms with Gasteiger partial charge in [0.2, 0.25) is 0 Å². The Kier molecular flexibility index (Phi) is 4.84. The average molecular weight is 382 g/mol. The van der Waals surface area contributed by atoms with Crippen LogP contribution < -0.4 is 15.8 Å². The van der Waals surface area contributed by atoms with Crippen molar-refractivity contribution in [2.45, 2.75) is 6.61 Å². The molecule has 0 atom stereocenters. The summed E-state index contributed by atoms with van der Waals surface area (Å²) < 4.78 is 42.6. The van der Waals surface area contributed by atoms with Gasteiger partial charge in [-0.3, -0.25) is 0 Å². The Morgan fingerprint density at radius 3 is 2.52 bits per heavy atom. The minimum Gasteiger partial charge on any atom is -0.432 e. The van der Waals surface area contributed by atoms with Gasteiger partial charge in [0.1, 0.15) is 0 Å². The Labute approximate surface area is 132 Å². The summed E-state index contributed by atoms with van der Waals surface area (Å²) in [5.74, 6) is -1.56. The van der Waals surface area contributed by atoms with Crippen LogP contribution in [-0.2, 0) is 0 Å². The lowest BCUT2D eigenvalue weighted by Crippen LogP contribution is -2.06. The normalized spacial score (nSPS) is 10.8. The van der Waals surface area contributed by atoms with E-state index in [0.29, 0.717) is 15.2 Å². The summed E-state index contributed by atoms with van der Waals surface area (Å²) in [6, 6.07) is 6.90. The monoisotopic (exact) mass is 380 g/mol. The van der Waals surface area contributed by atoms with E-state index in [-0.39, 0.29) is 11.4 Å². The molecule has 21 heavy (non-hydrogen) atoms. The van der Waals surface area contributed by atoms with E-state index in [1.54, 1.807) is 18.2 Å². The molecule has 0 saturated heterocycles. The number of nitrogens with one attached hydrogen (secondary N) is 1. The van der Waals surface area contributed by atoms with E-state index in [9.17, 15) is 13.2 Å². The Hall–Kier alpha value is -1.60. The van der Waals surface area contributed by atoms with Gasteiger partial charge in [-0.15, -0.1) is 0 Å². The number of nitrogens with two attached hydrogens (primary N) is 1. The SMILES string of the molecule is Nc1cc(F)c(OC(F)F)cc1Nc1ccc(Cl)cc1Br. The topological polar surface area (TPSA) is 47.3 Å². The van der Waals surface area contributed by atoms with Crippen LogP contribution in [0.15, 0.2) is 34.8 Å². The third-order valence-corrected chi connectivity index (χ3v) is 3.41. The highest BCUT2D eigenvalue weighted by molar-refractivity contribution is 9.10. The molecule has 0 aliphatic heterocycles. The van der Waals surface area contributed by atoms with Gasteiger partial charge in [0.15, 0.2) is 11.6 Å². The number of hydrogen-bond donors (Lipinski definition) is 2. The highest BCUT2D eigenvalue weighted by atomic mass is 79.9. The molecule has 0 unspecified atom stereocenters. The standard InChI is InChI=1S/C13H9BrClF3N2O/c14-7-3-6(15)1-2-10(7)20-11-5-12(21-13(17)18)8(16)4-9(11)19/h1-5,13,20H,19H2. The Morgan fingerprint density at radius 2 is 1.90 bits per heavy atom. The van der Waals surface area contributed by atoms with Crippen molar-refractivity contribution in [3.8, 4) is 5.75 Å². The smallest absolute Gasteiger partial charge is 0.387 e. The number of ether oxygens (including phenoxy) is 1. The van der Waals surface area contributed by atoms with Gasteiger partial charge in [0, 0.05) is 21.6 Å². The number of anilines is 3. The van der Waals surface area contributed by atoms with Crippen LogP contribution >= 0.6 is 27.5 Å². The second kappa shape index (κ2) is 6.44. The molecule has 0 aliphatic rings. The van der Waals surface area contributed by atoms with Gasteiger partial charge in [-0.1, -0.05) is 11.6 Å². The number of hydrogen-bond acceptors (Lipinski definition) is 3. The van der Waals surface area contributed by atoms with Crippen molar-refractivity contribution < 1.29 is 17.9 Å². The first-order chi connectivity index (χ1) is 9.86. The van der Waals surface area contributed by atoms with Crippen molar-refractivity contribution in [1.29, 1.82) is 0 Å². The van der Waals surface area contributed by atoms with Gasteiger partial charge in [-0.2, -0.15) is 8.78 Å². The molecule has 0 amide bonds. The van der Waals surface area contributed by atoms with E-state index >= 15 is 0 Å². The molecule has 2 rings (SSSR count). The molecule has 8 heteroatoms. The number of halogens is 5. The molecule has 0 aliphatic carbocycles. The molecule has 0 spiro atoms. The molecule has 0 aromatic heterocycles. The summed E-state index contributed by atoms with van der Waals surface area (Å²) in [4.78, 5) is 0. The first kappa shape index (κ1) is 15.8. The van der Waals surface area contributed by atoms with Crippen LogP contribution in [0.2, 0.25) is 5.02 Å². The zero-order valence-electron chi connectivity index (χ0n) is 10.3. The van der Waals surface area contributed by atoms with Gasteiger partial charge in [-0.05, 0) is 34.1 Å². The average Bonchev–Trinajstić information content (AvgIpc) is 2.37. The van der Waals surface area contributed by atoms with Crippen LogP contribution in [0.3, 0.4) is 0 Å². The van der Waals surface area contributed by atoms with E-state index in [0.717, 1.165) is 12.1 Å². The van der Waals surface area contributed by atoms with Crippen LogP contribution in [0.5, 0.6) is 5.75 Å². The molecule has 3 N–H and O–H groups in total. The van der Waals surface area contributed by atoms with Gasteiger partial charge in [0.25, 0.3) is 0 Å². The molecule has 0 bridgehead atoms. The molecule has 0 saturated carbocycles. The van der Waals surface area contributed by atoms with Crippen molar-refractivity contribution in [1.82, 2.24) is 0 Å². The lowest BCUT2D eigenvalue weighted by Gasteiger charge is -2.14. The van der Waals surface area contributed by atoms with Crippen LogP contribution in [0.25, 0.3) is 0 Å². The second-order valence-electron chi connectivity index (χ2n) is 4.00. The highest BCUT2D eigenvalue weighted by Crippen LogP contribution is 2.34. The first-order valence-electron chi connectivity index (χ1n) is 5.62. The second-order valence-corrected chi connectivity index (χ2v) is 5.29. The van der Waals surface area contributed by atoms with Crippen LogP contribution in [0.1, 0.15) is 0 Å². The molecule has 112 valence electrons. The molecular weight excluding hydrogens is 373 g/mol. The predicted molar refractivity (Wildman–Crippen MR) is 79.9 cm³/mol. The maximum Gasteiger partial charge on any atom is 0.387 e. The van der Waals surface area contributed by atoms with Gasteiger partial charge >= 0.3 is 6.61 Å². The number of rotatable bonds is 4. The third-order valence-electron chi connectivity index (χ3n) is 2.52. The van der Waals surface area contributed by atoms with Crippen LogP contribution in [-0.4, -0.2) is 6.61 Å². The minimum absolute atomic E-state index is 0.0518. The van der Waals surface area contributed by atoms with E-state index in [1.165, 1.54) is 0 Å². The first-order valence-corrected chi connectivity index (χ1v) is 6.80. The van der Waals surface area contributed by atoms with E-state index in [1.807, 2.05) is 0 Å². The lowest BCUT2D eigenvalue weighted by atomic mass is 10.2. The van der Waals surface area contributed by atoms with Gasteiger partial charge in [-0.25, -0.2) is 4.39 Å². The highest BCUT2D eigenvalue weighted by Gasteiger charge is 2.14. The van der Waals surface area contributed by atoms with Gasteiger partial charge < -0.3 is 15.8 Å². The van der Waals surface area contributed by atoms with E-state index in [2.05, 4.69) is 26.0 Å². The Balaban J connectivity index is 2.34. The predicted octanol–water partition coefficient (Wildman–Crippen LogP) is 5.17. The Morgan fingerprint density at radius 1 is 1.19 bits per heavy atom. The molecular formula is C13H9BrClF3N2O. The summed E-state index contributed by atoms with van der Waals surface area (Å²) in [6.07, 6.45) is 0. The van der Waals surface area contributed by atoms with Crippen LogP contribution in [0.4, 0.5) is 30.2 Å².